The lowest BCUT2D eigenvalue weighted by molar-refractivity contribution is 0.629. The number of hydrogen-bond donors (Lipinski definition) is 0. The number of nitrogens with zero attached hydrogens (tertiary/aromatic N) is 1. The Balaban J connectivity index is 1.76. The van der Waals surface area contributed by atoms with Crippen molar-refractivity contribution in [2.24, 2.45) is 0 Å². The first-order valence-electron chi connectivity index (χ1n) is 8.92. The van der Waals surface area contributed by atoms with E-state index in [1.807, 2.05) is 47.4 Å². The lowest BCUT2D eigenvalue weighted by atomic mass is 10.1. The van der Waals surface area contributed by atoms with E-state index in [0.717, 1.165) is 15.8 Å². The lowest BCUT2D eigenvalue weighted by Gasteiger charge is -2.25. The summed E-state index contributed by atoms with van der Waals surface area (Å²) in [6.07, 6.45) is 0. The fourth-order valence-corrected chi connectivity index (χ4v) is 5.15. The zero-order chi connectivity index (χ0) is 19.1. The van der Waals surface area contributed by atoms with Crippen LogP contribution in [0, 0.1) is 5.82 Å². The Morgan fingerprint density at radius 3 is 2.29 bits per heavy atom. The van der Waals surface area contributed by atoms with Gasteiger partial charge >= 0.3 is 0 Å². The van der Waals surface area contributed by atoms with Gasteiger partial charge in [0.2, 0.25) is 0 Å². The van der Waals surface area contributed by atoms with E-state index in [1.165, 1.54) is 26.2 Å². The van der Waals surface area contributed by atoms with E-state index in [-0.39, 0.29) is 5.82 Å². The van der Waals surface area contributed by atoms with Crippen LogP contribution in [0.15, 0.2) is 95.5 Å². The Bertz CT molecular complexity index is 1300. The predicted octanol–water partition coefficient (Wildman–Crippen LogP) is 8.43. The Morgan fingerprint density at radius 1 is 0.679 bits per heavy atom. The maximum Gasteiger partial charge on any atom is 0.147 e. The number of fused-ring (bicyclic) bond motifs is 3. The molecule has 0 saturated carbocycles. The maximum atomic E-state index is 14.7. The molecular weight excluding hydrogens is 433 g/mol. The average Bonchev–Trinajstić information content (AvgIpc) is 3.07. The molecule has 0 aliphatic carbocycles. The largest absolute Gasteiger partial charge is 0.308 e. The second-order valence-electron chi connectivity index (χ2n) is 6.55. The van der Waals surface area contributed by atoms with Gasteiger partial charge in [-0.15, -0.1) is 11.3 Å². The first-order chi connectivity index (χ1) is 13.7. The van der Waals surface area contributed by atoms with Crippen molar-refractivity contribution in [3.05, 3.63) is 101 Å². The van der Waals surface area contributed by atoms with Crippen LogP contribution in [0.2, 0.25) is 0 Å². The first kappa shape index (κ1) is 17.4. The number of rotatable bonds is 3. The van der Waals surface area contributed by atoms with Crippen molar-refractivity contribution in [2.45, 2.75) is 0 Å². The molecule has 0 saturated heterocycles. The SMILES string of the molecule is Fc1ccccc1N(c1ccccc1)c1ccc2sc3cc(Br)ccc3c2c1. The van der Waals surface area contributed by atoms with Crippen LogP contribution >= 0.6 is 27.3 Å². The summed E-state index contributed by atoms with van der Waals surface area (Å²) >= 11 is 5.32. The van der Waals surface area contributed by atoms with Gasteiger partial charge in [-0.1, -0.05) is 52.3 Å². The molecule has 0 bridgehead atoms. The molecule has 0 N–H and O–H groups in total. The molecule has 1 aromatic heterocycles. The minimum atomic E-state index is -0.245. The quantitative estimate of drug-likeness (QED) is 0.268. The van der Waals surface area contributed by atoms with Crippen molar-refractivity contribution in [3.63, 3.8) is 0 Å². The summed E-state index contributed by atoms with van der Waals surface area (Å²) < 4.78 is 18.2. The highest BCUT2D eigenvalue weighted by molar-refractivity contribution is 9.10. The average molecular weight is 448 g/mol. The Labute approximate surface area is 174 Å². The number of anilines is 3. The molecule has 0 fully saturated rings. The molecule has 1 nitrogen and oxygen atoms in total. The van der Waals surface area contributed by atoms with Crippen molar-refractivity contribution in [3.8, 4) is 0 Å². The zero-order valence-corrected chi connectivity index (χ0v) is 17.2. The molecule has 4 aromatic carbocycles. The molecule has 0 unspecified atom stereocenters. The van der Waals surface area contributed by atoms with Gasteiger partial charge in [0.25, 0.3) is 0 Å². The van der Waals surface area contributed by atoms with Crippen LogP contribution in [-0.4, -0.2) is 0 Å². The van der Waals surface area contributed by atoms with Crippen molar-refractivity contribution in [1.29, 1.82) is 0 Å². The van der Waals surface area contributed by atoms with Gasteiger partial charge in [-0.3, -0.25) is 0 Å². The summed E-state index contributed by atoms with van der Waals surface area (Å²) in [6, 6.07) is 29.5. The molecule has 0 amide bonds. The van der Waals surface area contributed by atoms with Crippen LogP contribution in [-0.2, 0) is 0 Å². The molecule has 0 spiro atoms. The normalized spacial score (nSPS) is 11.2. The highest BCUT2D eigenvalue weighted by Crippen LogP contribution is 2.41. The van der Waals surface area contributed by atoms with Gasteiger partial charge in [-0.25, -0.2) is 4.39 Å². The Kier molecular flexibility index (Phi) is 4.38. The Hall–Kier alpha value is -2.69. The maximum absolute atomic E-state index is 14.7. The van der Waals surface area contributed by atoms with Gasteiger partial charge in [-0.2, -0.15) is 0 Å². The van der Waals surface area contributed by atoms with E-state index in [9.17, 15) is 4.39 Å². The van der Waals surface area contributed by atoms with E-state index in [1.54, 1.807) is 17.4 Å². The van der Waals surface area contributed by atoms with Gasteiger partial charge in [-0.05, 0) is 54.6 Å². The standard InChI is InChI=1S/C24H15BrFNS/c25-16-10-12-19-20-15-18(11-13-23(20)28-24(19)14-16)27(17-6-2-1-3-7-17)22-9-5-4-8-21(22)26/h1-15H. The van der Waals surface area contributed by atoms with E-state index < -0.39 is 0 Å². The summed E-state index contributed by atoms with van der Waals surface area (Å²) in [5.74, 6) is -0.245. The Morgan fingerprint density at radius 2 is 1.46 bits per heavy atom. The summed E-state index contributed by atoms with van der Waals surface area (Å²) in [4.78, 5) is 1.97. The zero-order valence-electron chi connectivity index (χ0n) is 14.8. The number of para-hydroxylation sites is 2. The van der Waals surface area contributed by atoms with Crippen LogP contribution < -0.4 is 4.90 Å². The molecule has 0 atom stereocenters. The molecule has 5 rings (SSSR count). The van der Waals surface area contributed by atoms with Crippen molar-refractivity contribution in [2.75, 3.05) is 4.90 Å². The highest BCUT2D eigenvalue weighted by Gasteiger charge is 2.17. The van der Waals surface area contributed by atoms with Gasteiger partial charge in [0.05, 0.1) is 5.69 Å². The third-order valence-corrected chi connectivity index (χ3v) is 6.41. The summed E-state index contributed by atoms with van der Waals surface area (Å²) in [6.45, 7) is 0. The summed E-state index contributed by atoms with van der Waals surface area (Å²) in [5, 5.41) is 2.40. The van der Waals surface area contributed by atoms with Crippen molar-refractivity contribution < 1.29 is 4.39 Å². The minimum absolute atomic E-state index is 0.245. The predicted molar refractivity (Wildman–Crippen MR) is 122 cm³/mol. The third kappa shape index (κ3) is 2.99. The highest BCUT2D eigenvalue weighted by atomic mass is 79.9. The molecule has 0 aliphatic rings. The number of benzene rings is 4. The molecule has 0 radical (unpaired) electrons. The first-order valence-corrected chi connectivity index (χ1v) is 10.5. The smallest absolute Gasteiger partial charge is 0.147 e. The fraction of sp³-hybridized carbons (Fsp3) is 0. The number of hydrogen-bond acceptors (Lipinski definition) is 2. The van der Waals surface area contributed by atoms with E-state index >= 15 is 0 Å². The van der Waals surface area contributed by atoms with Gasteiger partial charge in [0, 0.05) is 36.0 Å². The van der Waals surface area contributed by atoms with Crippen LogP contribution in [0.4, 0.5) is 21.5 Å². The summed E-state index contributed by atoms with van der Waals surface area (Å²) in [7, 11) is 0. The summed E-state index contributed by atoms with van der Waals surface area (Å²) in [5.41, 5.74) is 2.40. The van der Waals surface area contributed by atoms with Gasteiger partial charge in [0.1, 0.15) is 5.82 Å². The van der Waals surface area contributed by atoms with E-state index in [0.29, 0.717) is 5.69 Å². The van der Waals surface area contributed by atoms with Crippen LogP contribution in [0.5, 0.6) is 0 Å². The van der Waals surface area contributed by atoms with Crippen molar-refractivity contribution >= 4 is 64.5 Å². The van der Waals surface area contributed by atoms with Gasteiger partial charge in [0.15, 0.2) is 0 Å². The van der Waals surface area contributed by atoms with E-state index in [4.69, 9.17) is 0 Å². The minimum Gasteiger partial charge on any atom is -0.308 e. The lowest BCUT2D eigenvalue weighted by Crippen LogP contribution is -2.11. The van der Waals surface area contributed by atoms with E-state index in [2.05, 4.69) is 52.3 Å². The third-order valence-electron chi connectivity index (χ3n) is 4.78. The fourth-order valence-electron chi connectivity index (χ4n) is 3.52. The number of thiophene rings is 1. The second-order valence-corrected chi connectivity index (χ2v) is 8.54. The molecule has 0 aliphatic heterocycles. The monoisotopic (exact) mass is 447 g/mol. The molecule has 28 heavy (non-hydrogen) atoms. The second kappa shape index (κ2) is 7.04. The van der Waals surface area contributed by atoms with Crippen LogP contribution in [0.25, 0.3) is 20.2 Å². The molecule has 4 heteroatoms. The number of halogens is 2. The molecular formula is C24H15BrFNS. The van der Waals surface area contributed by atoms with Crippen LogP contribution in [0.1, 0.15) is 0 Å². The topological polar surface area (TPSA) is 3.24 Å². The van der Waals surface area contributed by atoms with Gasteiger partial charge < -0.3 is 4.90 Å². The molecule has 5 aromatic rings. The molecule has 136 valence electrons. The molecule has 1 heterocycles. The van der Waals surface area contributed by atoms with Crippen LogP contribution in [0.3, 0.4) is 0 Å². The van der Waals surface area contributed by atoms with Crippen molar-refractivity contribution in [1.82, 2.24) is 0 Å².